The highest BCUT2D eigenvalue weighted by molar-refractivity contribution is 5.76. The Labute approximate surface area is 167 Å². The second-order valence-corrected chi connectivity index (χ2v) is 8.14. The first kappa shape index (κ1) is 20.5. The third-order valence-corrected chi connectivity index (χ3v) is 5.30. The van der Waals surface area contributed by atoms with Crippen molar-refractivity contribution in [3.63, 3.8) is 0 Å². The minimum Gasteiger partial charge on any atom is -0.340 e. The second-order valence-electron chi connectivity index (χ2n) is 8.14. The lowest BCUT2D eigenvalue weighted by molar-refractivity contribution is -0.133. The van der Waals surface area contributed by atoms with Crippen molar-refractivity contribution in [1.29, 1.82) is 0 Å². The first-order valence-electron chi connectivity index (χ1n) is 10.4. The molecule has 1 fully saturated rings. The van der Waals surface area contributed by atoms with Crippen LogP contribution in [0.2, 0.25) is 0 Å². The van der Waals surface area contributed by atoms with Gasteiger partial charge in [-0.1, -0.05) is 48.8 Å². The van der Waals surface area contributed by atoms with Crippen molar-refractivity contribution in [2.75, 3.05) is 32.7 Å². The maximum Gasteiger partial charge on any atom is 0.227 e. The number of rotatable bonds is 8. The molecule has 1 amide bonds. The van der Waals surface area contributed by atoms with Crippen molar-refractivity contribution in [3.05, 3.63) is 35.7 Å². The lowest BCUT2D eigenvalue weighted by Gasteiger charge is -2.34. The normalized spacial score (nSPS) is 15.4. The SMILES string of the molecule is Cc1ccc(-c2noc(CCCN3CCN(C(=O)CCC(C)C)CC3)n2)cc1. The van der Waals surface area contributed by atoms with Crippen LogP contribution in [0.1, 0.15) is 44.6 Å². The summed E-state index contributed by atoms with van der Waals surface area (Å²) in [6, 6.07) is 8.15. The molecule has 3 rings (SSSR count). The average molecular weight is 385 g/mol. The number of carbonyl (C=O) groups is 1. The summed E-state index contributed by atoms with van der Waals surface area (Å²) in [6.07, 6.45) is 3.43. The molecule has 28 heavy (non-hydrogen) atoms. The minimum absolute atomic E-state index is 0.308. The van der Waals surface area contributed by atoms with Gasteiger partial charge in [0, 0.05) is 44.6 Å². The van der Waals surface area contributed by atoms with Crippen molar-refractivity contribution in [1.82, 2.24) is 19.9 Å². The fourth-order valence-electron chi connectivity index (χ4n) is 3.42. The van der Waals surface area contributed by atoms with Crippen LogP contribution in [-0.2, 0) is 11.2 Å². The molecule has 0 aliphatic carbocycles. The molecular weight excluding hydrogens is 352 g/mol. The number of hydrogen-bond donors (Lipinski definition) is 0. The first-order chi connectivity index (χ1) is 13.5. The Morgan fingerprint density at radius 3 is 2.54 bits per heavy atom. The van der Waals surface area contributed by atoms with Crippen LogP contribution in [0.15, 0.2) is 28.8 Å². The molecule has 2 heterocycles. The Morgan fingerprint density at radius 1 is 1.14 bits per heavy atom. The lowest BCUT2D eigenvalue weighted by Crippen LogP contribution is -2.48. The third kappa shape index (κ3) is 5.89. The van der Waals surface area contributed by atoms with E-state index < -0.39 is 0 Å². The highest BCUT2D eigenvalue weighted by atomic mass is 16.5. The van der Waals surface area contributed by atoms with E-state index in [9.17, 15) is 4.79 Å². The summed E-state index contributed by atoms with van der Waals surface area (Å²) in [5, 5.41) is 4.10. The third-order valence-electron chi connectivity index (χ3n) is 5.30. The van der Waals surface area contributed by atoms with E-state index in [1.165, 1.54) is 5.56 Å². The molecule has 1 aliphatic heterocycles. The van der Waals surface area contributed by atoms with Crippen molar-refractivity contribution in [2.45, 2.75) is 46.5 Å². The Morgan fingerprint density at radius 2 is 1.86 bits per heavy atom. The van der Waals surface area contributed by atoms with E-state index in [0.29, 0.717) is 30.0 Å². The molecule has 0 bridgehead atoms. The van der Waals surface area contributed by atoms with Crippen LogP contribution in [0.25, 0.3) is 11.4 Å². The summed E-state index contributed by atoms with van der Waals surface area (Å²) in [5.74, 6) is 2.24. The predicted molar refractivity (Wildman–Crippen MR) is 110 cm³/mol. The van der Waals surface area contributed by atoms with Crippen LogP contribution in [-0.4, -0.2) is 58.6 Å². The molecule has 6 nitrogen and oxygen atoms in total. The molecular formula is C22H32N4O2. The van der Waals surface area contributed by atoms with E-state index in [4.69, 9.17) is 4.52 Å². The molecule has 0 radical (unpaired) electrons. The second kappa shape index (κ2) is 9.82. The fraction of sp³-hybridized carbons (Fsp3) is 0.591. The number of nitrogens with zero attached hydrogens (tertiary/aromatic N) is 4. The van der Waals surface area contributed by atoms with Crippen LogP contribution < -0.4 is 0 Å². The number of amides is 1. The van der Waals surface area contributed by atoms with Gasteiger partial charge >= 0.3 is 0 Å². The molecule has 6 heteroatoms. The van der Waals surface area contributed by atoms with Gasteiger partial charge < -0.3 is 9.42 Å². The maximum absolute atomic E-state index is 12.2. The summed E-state index contributed by atoms with van der Waals surface area (Å²) < 4.78 is 5.40. The van der Waals surface area contributed by atoms with Crippen molar-refractivity contribution >= 4 is 5.91 Å². The number of carbonyl (C=O) groups excluding carboxylic acids is 1. The molecule has 0 N–H and O–H groups in total. The standard InChI is InChI=1S/C22H32N4O2/c1-17(2)6-11-21(27)26-15-13-25(14-16-26)12-4-5-20-23-22(24-28-20)19-9-7-18(3)8-10-19/h7-10,17H,4-6,11-16H2,1-3H3. The summed E-state index contributed by atoms with van der Waals surface area (Å²) in [6.45, 7) is 11.0. The summed E-state index contributed by atoms with van der Waals surface area (Å²) in [4.78, 5) is 21.2. The number of piperazine rings is 1. The van der Waals surface area contributed by atoms with Crippen LogP contribution in [0.4, 0.5) is 0 Å². The molecule has 1 aromatic carbocycles. The minimum atomic E-state index is 0.308. The monoisotopic (exact) mass is 384 g/mol. The topological polar surface area (TPSA) is 62.5 Å². The largest absolute Gasteiger partial charge is 0.340 e. The lowest BCUT2D eigenvalue weighted by atomic mass is 10.1. The zero-order valence-corrected chi connectivity index (χ0v) is 17.4. The zero-order chi connectivity index (χ0) is 19.9. The summed E-state index contributed by atoms with van der Waals surface area (Å²) in [7, 11) is 0. The molecule has 1 saturated heterocycles. The maximum atomic E-state index is 12.2. The molecule has 152 valence electrons. The van der Waals surface area contributed by atoms with Crippen LogP contribution >= 0.6 is 0 Å². The van der Waals surface area contributed by atoms with Gasteiger partial charge in [-0.15, -0.1) is 0 Å². The Kier molecular flexibility index (Phi) is 7.20. The van der Waals surface area contributed by atoms with Crippen LogP contribution in [0.5, 0.6) is 0 Å². The van der Waals surface area contributed by atoms with Crippen LogP contribution in [0.3, 0.4) is 0 Å². The highest BCUT2D eigenvalue weighted by Gasteiger charge is 2.20. The summed E-state index contributed by atoms with van der Waals surface area (Å²) >= 11 is 0. The molecule has 0 spiro atoms. The Bertz CT molecular complexity index is 746. The first-order valence-corrected chi connectivity index (χ1v) is 10.4. The predicted octanol–water partition coefficient (Wildman–Crippen LogP) is 3.56. The van der Waals surface area contributed by atoms with Crippen molar-refractivity contribution in [2.24, 2.45) is 5.92 Å². The van der Waals surface area contributed by atoms with Crippen molar-refractivity contribution < 1.29 is 9.32 Å². The van der Waals surface area contributed by atoms with E-state index >= 15 is 0 Å². The molecule has 2 aromatic rings. The smallest absolute Gasteiger partial charge is 0.227 e. The fourth-order valence-corrected chi connectivity index (χ4v) is 3.42. The molecule has 0 saturated carbocycles. The van der Waals surface area contributed by atoms with Gasteiger partial charge in [-0.05, 0) is 32.2 Å². The molecule has 1 aromatic heterocycles. The molecule has 0 unspecified atom stereocenters. The van der Waals surface area contributed by atoms with Gasteiger partial charge in [-0.3, -0.25) is 9.69 Å². The molecule has 1 aliphatic rings. The van der Waals surface area contributed by atoms with Gasteiger partial charge in [0.2, 0.25) is 17.6 Å². The van der Waals surface area contributed by atoms with E-state index in [-0.39, 0.29) is 0 Å². The number of benzene rings is 1. The van der Waals surface area contributed by atoms with Crippen LogP contribution in [0, 0.1) is 12.8 Å². The van der Waals surface area contributed by atoms with E-state index in [2.05, 4.69) is 47.9 Å². The Balaban J connectivity index is 1.37. The van der Waals surface area contributed by atoms with Gasteiger partial charge in [0.15, 0.2) is 0 Å². The number of aryl methyl sites for hydroxylation is 2. The Hall–Kier alpha value is -2.21. The highest BCUT2D eigenvalue weighted by Crippen LogP contribution is 2.17. The zero-order valence-electron chi connectivity index (χ0n) is 17.4. The van der Waals surface area contributed by atoms with E-state index in [1.54, 1.807) is 0 Å². The summed E-state index contributed by atoms with van der Waals surface area (Å²) in [5.41, 5.74) is 2.20. The van der Waals surface area contributed by atoms with Gasteiger partial charge in [-0.2, -0.15) is 4.98 Å². The van der Waals surface area contributed by atoms with Gasteiger partial charge in [0.05, 0.1) is 0 Å². The van der Waals surface area contributed by atoms with E-state index in [0.717, 1.165) is 57.5 Å². The van der Waals surface area contributed by atoms with E-state index in [1.807, 2.05) is 17.0 Å². The quantitative estimate of drug-likeness (QED) is 0.696. The molecule has 0 atom stereocenters. The average Bonchev–Trinajstić information content (AvgIpc) is 3.16. The number of aromatic nitrogens is 2. The number of hydrogen-bond acceptors (Lipinski definition) is 5. The van der Waals surface area contributed by atoms with Crippen molar-refractivity contribution in [3.8, 4) is 11.4 Å². The van der Waals surface area contributed by atoms with Gasteiger partial charge in [0.25, 0.3) is 0 Å². The van der Waals surface area contributed by atoms with Gasteiger partial charge in [-0.25, -0.2) is 0 Å². The van der Waals surface area contributed by atoms with Gasteiger partial charge in [0.1, 0.15) is 0 Å².